The molecule has 11 heteroatoms. The van der Waals surface area contributed by atoms with Gasteiger partial charge in [0.15, 0.2) is 5.75 Å². The first kappa shape index (κ1) is 30.9. The summed E-state index contributed by atoms with van der Waals surface area (Å²) in [7, 11) is 0. The third-order valence-electron chi connectivity index (χ3n) is 7.50. The fourth-order valence-electron chi connectivity index (χ4n) is 5.42. The van der Waals surface area contributed by atoms with Crippen molar-refractivity contribution in [1.29, 1.82) is 0 Å². The van der Waals surface area contributed by atoms with Crippen molar-refractivity contribution in [3.05, 3.63) is 70.9 Å². The molecule has 0 saturated heterocycles. The van der Waals surface area contributed by atoms with Gasteiger partial charge in [0, 0.05) is 26.4 Å². The highest BCUT2D eigenvalue weighted by atomic mass is 16.6. The van der Waals surface area contributed by atoms with Gasteiger partial charge >= 0.3 is 18.2 Å². The number of esters is 1. The molecule has 0 bridgehead atoms. The highest BCUT2D eigenvalue weighted by Gasteiger charge is 2.42. The van der Waals surface area contributed by atoms with Crippen LogP contribution in [0, 0.1) is 0 Å². The van der Waals surface area contributed by atoms with Gasteiger partial charge in [-0.1, -0.05) is 50.2 Å². The van der Waals surface area contributed by atoms with Gasteiger partial charge in [-0.05, 0) is 49.9 Å². The van der Waals surface area contributed by atoms with Crippen LogP contribution >= 0.6 is 0 Å². The summed E-state index contributed by atoms with van der Waals surface area (Å²) < 4.78 is 25.0. The van der Waals surface area contributed by atoms with Gasteiger partial charge < -0.3 is 23.8 Å². The van der Waals surface area contributed by atoms with Crippen LogP contribution in [0.1, 0.15) is 75.9 Å². The summed E-state index contributed by atoms with van der Waals surface area (Å²) >= 11 is 0. The zero-order chi connectivity index (χ0) is 31.6. The monoisotopic (exact) mass is 604 g/mol. The van der Waals surface area contributed by atoms with E-state index in [1.165, 1.54) is 6.92 Å². The van der Waals surface area contributed by atoms with Crippen molar-refractivity contribution in [3.63, 3.8) is 0 Å². The Labute approximate surface area is 257 Å². The topological polar surface area (TPSA) is 112 Å². The molecule has 2 aliphatic rings. The summed E-state index contributed by atoms with van der Waals surface area (Å²) in [5, 5.41) is 4.83. The molecule has 0 radical (unpaired) electrons. The Balaban J connectivity index is 1.54. The van der Waals surface area contributed by atoms with E-state index in [4.69, 9.17) is 24.0 Å². The number of aromatic nitrogens is 2. The largest absolute Gasteiger partial charge is 0.474 e. The van der Waals surface area contributed by atoms with Gasteiger partial charge in [-0.25, -0.2) is 14.3 Å². The Hall–Kier alpha value is -4.54. The number of carbonyl (C=O) groups excluding carboxylic acids is 3. The summed E-state index contributed by atoms with van der Waals surface area (Å²) in [5.41, 5.74) is 3.24. The third-order valence-corrected chi connectivity index (χ3v) is 7.50. The molecule has 2 aromatic carbocycles. The second-order valence-corrected chi connectivity index (χ2v) is 12.3. The second kappa shape index (κ2) is 12.6. The maximum atomic E-state index is 13.5. The van der Waals surface area contributed by atoms with E-state index in [-0.39, 0.29) is 32.2 Å². The minimum absolute atomic E-state index is 0.122. The van der Waals surface area contributed by atoms with Crippen LogP contribution in [0.5, 0.6) is 11.6 Å². The van der Waals surface area contributed by atoms with Crippen LogP contribution in [-0.2, 0) is 27.3 Å². The highest BCUT2D eigenvalue weighted by molar-refractivity contribution is 5.73. The molecule has 0 aliphatic carbocycles. The van der Waals surface area contributed by atoms with Crippen LogP contribution in [0.2, 0.25) is 0 Å². The standard InChI is InChI=1S/C33H40N4O7/c1-21(2)24-12-13-25(28(18-24)43-22(3)38)37-26-14-15-36(32(40)44-33(4,5)6)27-19-35(16-17-41-30(34-37)29(26)27)31(39)42-20-23-10-8-7-9-11-23/h7-13,18,21,27H,14-17,19-20H2,1-6H3/t27-/m0/s1. The SMILES string of the molecule is CC(=O)Oc1cc(C(C)C)ccc1-n1nc2c3c1CCN(C(=O)OC(C)(C)C)[C@H]3CN(C(=O)OCc1ccccc1)CCO2. The molecular formula is C33H40N4O7. The number of amides is 2. The van der Waals surface area contributed by atoms with E-state index in [9.17, 15) is 14.4 Å². The number of hydrogen-bond acceptors (Lipinski definition) is 8. The van der Waals surface area contributed by atoms with E-state index < -0.39 is 29.8 Å². The molecule has 2 aliphatic heterocycles. The molecule has 5 rings (SSSR count). The van der Waals surface area contributed by atoms with Gasteiger partial charge in [0.05, 0.1) is 23.8 Å². The van der Waals surface area contributed by atoms with Crippen molar-refractivity contribution < 1.29 is 33.3 Å². The zero-order valence-electron chi connectivity index (χ0n) is 26.2. The van der Waals surface area contributed by atoms with Gasteiger partial charge in [0.2, 0.25) is 5.88 Å². The summed E-state index contributed by atoms with van der Waals surface area (Å²) in [5.74, 6) is 0.517. The average Bonchev–Trinajstić information content (AvgIpc) is 3.31. The van der Waals surface area contributed by atoms with E-state index >= 15 is 0 Å². The van der Waals surface area contributed by atoms with Gasteiger partial charge in [-0.2, -0.15) is 0 Å². The quantitative estimate of drug-likeness (QED) is 0.266. The Morgan fingerprint density at radius 1 is 1.05 bits per heavy atom. The van der Waals surface area contributed by atoms with Crippen LogP contribution < -0.4 is 9.47 Å². The molecule has 11 nitrogen and oxygen atoms in total. The second-order valence-electron chi connectivity index (χ2n) is 12.3. The Kier molecular flexibility index (Phi) is 8.85. The summed E-state index contributed by atoms with van der Waals surface area (Å²) in [6.07, 6.45) is -0.566. The first-order valence-electron chi connectivity index (χ1n) is 14.9. The van der Waals surface area contributed by atoms with Crippen molar-refractivity contribution in [3.8, 4) is 17.3 Å². The van der Waals surface area contributed by atoms with Crippen molar-refractivity contribution in [2.75, 3.05) is 26.2 Å². The van der Waals surface area contributed by atoms with E-state index in [0.717, 1.165) is 16.8 Å². The van der Waals surface area contributed by atoms with E-state index in [1.54, 1.807) is 14.5 Å². The maximum absolute atomic E-state index is 13.5. The molecule has 44 heavy (non-hydrogen) atoms. The number of carbonyl (C=O) groups is 3. The van der Waals surface area contributed by atoms with Gasteiger partial charge in [-0.15, -0.1) is 5.10 Å². The molecule has 3 aromatic rings. The predicted octanol–water partition coefficient (Wildman–Crippen LogP) is 5.79. The molecule has 0 spiro atoms. The molecular weight excluding hydrogens is 564 g/mol. The number of hydrogen-bond donors (Lipinski definition) is 0. The lowest BCUT2D eigenvalue weighted by molar-refractivity contribution is -0.131. The Morgan fingerprint density at radius 2 is 1.80 bits per heavy atom. The van der Waals surface area contributed by atoms with E-state index in [1.807, 2.05) is 69.3 Å². The molecule has 1 atom stereocenters. The lowest BCUT2D eigenvalue weighted by Gasteiger charge is -2.40. The minimum atomic E-state index is -0.714. The third kappa shape index (κ3) is 6.82. The lowest BCUT2D eigenvalue weighted by Crippen LogP contribution is -2.49. The zero-order valence-corrected chi connectivity index (χ0v) is 26.2. The van der Waals surface area contributed by atoms with Crippen molar-refractivity contribution in [2.45, 2.75) is 72.1 Å². The fourth-order valence-corrected chi connectivity index (χ4v) is 5.42. The normalized spacial score (nSPS) is 16.4. The van der Waals surface area contributed by atoms with Crippen molar-refractivity contribution in [1.82, 2.24) is 19.6 Å². The number of benzene rings is 2. The summed E-state index contributed by atoms with van der Waals surface area (Å²) in [4.78, 5) is 42.1. The van der Waals surface area contributed by atoms with Gasteiger partial charge in [-0.3, -0.25) is 9.69 Å². The van der Waals surface area contributed by atoms with E-state index in [2.05, 4.69) is 13.8 Å². The van der Waals surface area contributed by atoms with Crippen LogP contribution in [0.15, 0.2) is 48.5 Å². The van der Waals surface area contributed by atoms with Crippen molar-refractivity contribution >= 4 is 18.2 Å². The molecule has 2 amide bonds. The molecule has 3 heterocycles. The van der Waals surface area contributed by atoms with Crippen molar-refractivity contribution in [2.24, 2.45) is 0 Å². The molecule has 0 N–H and O–H groups in total. The molecule has 0 fully saturated rings. The average molecular weight is 605 g/mol. The molecule has 234 valence electrons. The number of nitrogens with zero attached hydrogens (tertiary/aromatic N) is 4. The van der Waals surface area contributed by atoms with Crippen LogP contribution in [0.25, 0.3) is 5.69 Å². The molecule has 1 aromatic heterocycles. The van der Waals surface area contributed by atoms with Crippen LogP contribution in [0.3, 0.4) is 0 Å². The number of ether oxygens (including phenoxy) is 4. The van der Waals surface area contributed by atoms with E-state index in [0.29, 0.717) is 35.8 Å². The first-order chi connectivity index (χ1) is 20.9. The summed E-state index contributed by atoms with van der Waals surface area (Å²) in [6, 6.07) is 14.6. The fraction of sp³-hybridized carbons (Fsp3) is 0.455. The predicted molar refractivity (Wildman–Crippen MR) is 162 cm³/mol. The first-order valence-corrected chi connectivity index (χ1v) is 14.9. The molecule has 0 saturated carbocycles. The number of rotatable bonds is 5. The Bertz CT molecular complexity index is 1530. The maximum Gasteiger partial charge on any atom is 0.410 e. The molecule has 0 unspecified atom stereocenters. The smallest absolute Gasteiger partial charge is 0.410 e. The Morgan fingerprint density at radius 3 is 2.48 bits per heavy atom. The minimum Gasteiger partial charge on any atom is -0.474 e. The van der Waals surface area contributed by atoms with Gasteiger partial charge in [0.1, 0.15) is 24.5 Å². The summed E-state index contributed by atoms with van der Waals surface area (Å²) in [6.45, 7) is 11.9. The van der Waals surface area contributed by atoms with Crippen LogP contribution in [-0.4, -0.2) is 69.6 Å². The lowest BCUT2D eigenvalue weighted by atomic mass is 9.97. The van der Waals surface area contributed by atoms with Crippen LogP contribution in [0.4, 0.5) is 9.59 Å². The van der Waals surface area contributed by atoms with Gasteiger partial charge in [0.25, 0.3) is 0 Å². The highest BCUT2D eigenvalue weighted by Crippen LogP contribution is 2.41.